The second-order valence-electron chi connectivity index (χ2n) is 6.89. The molecule has 4 rings (SSSR count). The molecular formula is C23H20N4O6. The summed E-state index contributed by atoms with van der Waals surface area (Å²) in [5, 5.41) is 16.0. The van der Waals surface area contributed by atoms with Crippen molar-refractivity contribution in [3.8, 4) is 34.0 Å². The molecule has 168 valence electrons. The van der Waals surface area contributed by atoms with E-state index in [4.69, 9.17) is 14.2 Å². The largest absolute Gasteiger partial charge is 0.497 e. The third-order valence-electron chi connectivity index (χ3n) is 4.84. The topological polar surface area (TPSA) is 118 Å². The Hall–Kier alpha value is -4.47. The third-order valence-corrected chi connectivity index (χ3v) is 4.84. The number of nitro groups is 1. The fraction of sp³-hybridized carbons (Fsp3) is 0.174. The van der Waals surface area contributed by atoms with E-state index in [0.717, 1.165) is 11.3 Å². The van der Waals surface area contributed by atoms with Crippen molar-refractivity contribution < 1.29 is 23.9 Å². The van der Waals surface area contributed by atoms with Crippen LogP contribution in [-0.4, -0.2) is 45.8 Å². The van der Waals surface area contributed by atoms with Crippen LogP contribution in [0, 0.1) is 10.1 Å². The molecule has 2 heterocycles. The van der Waals surface area contributed by atoms with Crippen molar-refractivity contribution in [1.82, 2.24) is 14.6 Å². The van der Waals surface area contributed by atoms with E-state index < -0.39 is 10.9 Å². The van der Waals surface area contributed by atoms with Gasteiger partial charge in [0.25, 0.3) is 5.69 Å². The first-order chi connectivity index (χ1) is 16.0. The van der Waals surface area contributed by atoms with Gasteiger partial charge in [-0.1, -0.05) is 0 Å². The van der Waals surface area contributed by atoms with Gasteiger partial charge in [-0.3, -0.25) is 10.1 Å². The van der Waals surface area contributed by atoms with Gasteiger partial charge in [0.15, 0.2) is 12.3 Å². The summed E-state index contributed by atoms with van der Waals surface area (Å²) >= 11 is 0. The Morgan fingerprint density at radius 2 is 1.91 bits per heavy atom. The first-order valence-corrected chi connectivity index (χ1v) is 10.1. The molecule has 0 radical (unpaired) electrons. The Morgan fingerprint density at radius 3 is 2.61 bits per heavy atom. The second-order valence-corrected chi connectivity index (χ2v) is 6.89. The van der Waals surface area contributed by atoms with Crippen LogP contribution in [0.1, 0.15) is 6.92 Å². The van der Waals surface area contributed by atoms with Gasteiger partial charge in [0.1, 0.15) is 11.5 Å². The number of aromatic nitrogens is 3. The molecule has 10 nitrogen and oxygen atoms in total. The van der Waals surface area contributed by atoms with E-state index in [1.54, 1.807) is 30.8 Å². The van der Waals surface area contributed by atoms with Crippen molar-refractivity contribution in [2.24, 2.45) is 0 Å². The van der Waals surface area contributed by atoms with Gasteiger partial charge in [-0.25, -0.2) is 14.3 Å². The number of non-ortho nitro benzene ring substituents is 1. The van der Waals surface area contributed by atoms with E-state index in [9.17, 15) is 14.9 Å². The summed E-state index contributed by atoms with van der Waals surface area (Å²) in [4.78, 5) is 27.0. The van der Waals surface area contributed by atoms with E-state index in [2.05, 4.69) is 10.1 Å². The maximum atomic E-state index is 11.8. The van der Waals surface area contributed by atoms with Crippen molar-refractivity contribution in [2.45, 2.75) is 6.92 Å². The highest BCUT2D eigenvalue weighted by atomic mass is 16.6. The lowest BCUT2D eigenvalue weighted by molar-refractivity contribution is -0.384. The van der Waals surface area contributed by atoms with Crippen molar-refractivity contribution in [3.05, 3.63) is 70.9 Å². The molecule has 0 fully saturated rings. The number of benzene rings is 2. The van der Waals surface area contributed by atoms with E-state index in [0.29, 0.717) is 22.6 Å². The third kappa shape index (κ3) is 4.59. The number of nitro benzene ring substituents is 1. The Labute approximate surface area is 188 Å². The summed E-state index contributed by atoms with van der Waals surface area (Å²) in [6.07, 6.45) is 1.58. The molecule has 0 saturated heterocycles. The summed E-state index contributed by atoms with van der Waals surface area (Å²) in [7, 11) is 1.59. The zero-order valence-electron chi connectivity index (χ0n) is 17.9. The van der Waals surface area contributed by atoms with Crippen molar-refractivity contribution in [3.63, 3.8) is 0 Å². The Morgan fingerprint density at radius 1 is 1.12 bits per heavy atom. The number of nitrogens with zero attached hydrogens (tertiary/aromatic N) is 4. The number of hydrogen-bond acceptors (Lipinski definition) is 8. The monoisotopic (exact) mass is 448 g/mol. The molecule has 2 aromatic heterocycles. The molecule has 0 unspecified atom stereocenters. The van der Waals surface area contributed by atoms with Gasteiger partial charge in [-0.05, 0) is 43.3 Å². The van der Waals surface area contributed by atoms with Crippen LogP contribution in [0.25, 0.3) is 28.2 Å². The van der Waals surface area contributed by atoms with E-state index in [1.165, 1.54) is 18.2 Å². The lowest BCUT2D eigenvalue weighted by Gasteiger charge is -2.12. The molecule has 0 amide bonds. The zero-order chi connectivity index (χ0) is 23.4. The number of ether oxygens (including phenoxy) is 3. The Kier molecular flexibility index (Phi) is 6.16. The summed E-state index contributed by atoms with van der Waals surface area (Å²) < 4.78 is 17.3. The van der Waals surface area contributed by atoms with Gasteiger partial charge in [0, 0.05) is 35.5 Å². The standard InChI is InChI=1S/C23H20N4O6/c1-3-32-23(28)14-33-21-9-6-16(27(29)30)12-18(21)20-10-11-24-22-13-19(25-26(20)22)15-4-7-17(31-2)8-5-15/h4-13H,3,14H2,1-2H3. The molecule has 0 aliphatic heterocycles. The molecule has 0 spiro atoms. The van der Waals surface area contributed by atoms with Crippen LogP contribution < -0.4 is 9.47 Å². The van der Waals surface area contributed by atoms with Gasteiger partial charge in [0.2, 0.25) is 0 Å². The molecule has 0 aliphatic carbocycles. The normalized spacial score (nSPS) is 10.7. The maximum Gasteiger partial charge on any atom is 0.344 e. The number of carbonyl (C=O) groups is 1. The minimum absolute atomic E-state index is 0.124. The van der Waals surface area contributed by atoms with Gasteiger partial charge < -0.3 is 14.2 Å². The number of methoxy groups -OCH3 is 1. The van der Waals surface area contributed by atoms with Crippen LogP contribution in [0.3, 0.4) is 0 Å². The predicted molar refractivity (Wildman–Crippen MR) is 119 cm³/mol. The minimum atomic E-state index is -0.539. The summed E-state index contributed by atoms with van der Waals surface area (Å²) in [6, 6.07) is 15.0. The second kappa shape index (κ2) is 9.35. The summed E-state index contributed by atoms with van der Waals surface area (Å²) in [6.45, 7) is 1.59. The van der Waals surface area contributed by atoms with Gasteiger partial charge in [-0.15, -0.1) is 0 Å². The van der Waals surface area contributed by atoms with Crippen LogP contribution in [0.5, 0.6) is 11.5 Å². The smallest absolute Gasteiger partial charge is 0.344 e. The van der Waals surface area contributed by atoms with Crippen LogP contribution in [0.2, 0.25) is 0 Å². The highest BCUT2D eigenvalue weighted by molar-refractivity contribution is 5.75. The molecule has 2 aromatic carbocycles. The van der Waals surface area contributed by atoms with Crippen LogP contribution in [0.15, 0.2) is 60.8 Å². The Bertz CT molecular complexity index is 1320. The molecule has 0 bridgehead atoms. The molecule has 10 heteroatoms. The predicted octanol–water partition coefficient (Wildman–Crippen LogP) is 3.92. The van der Waals surface area contributed by atoms with Crippen LogP contribution in [0.4, 0.5) is 5.69 Å². The van der Waals surface area contributed by atoms with Gasteiger partial charge in [0.05, 0.1) is 30.0 Å². The highest BCUT2D eigenvalue weighted by Crippen LogP contribution is 2.34. The molecule has 0 atom stereocenters. The maximum absolute atomic E-state index is 11.8. The fourth-order valence-corrected chi connectivity index (χ4v) is 3.30. The molecule has 0 aliphatic rings. The average Bonchev–Trinajstić information content (AvgIpc) is 3.27. The van der Waals surface area contributed by atoms with E-state index in [-0.39, 0.29) is 24.7 Å². The van der Waals surface area contributed by atoms with Crippen molar-refractivity contribution >= 4 is 17.3 Å². The molecule has 33 heavy (non-hydrogen) atoms. The van der Waals surface area contributed by atoms with Gasteiger partial charge in [-0.2, -0.15) is 5.10 Å². The summed E-state index contributed by atoms with van der Waals surface area (Å²) in [5.41, 5.74) is 2.84. The lowest BCUT2D eigenvalue weighted by Crippen LogP contribution is -2.15. The summed E-state index contributed by atoms with van der Waals surface area (Å²) in [5.74, 6) is 0.464. The first-order valence-electron chi connectivity index (χ1n) is 10.1. The van der Waals surface area contributed by atoms with E-state index in [1.807, 2.05) is 30.3 Å². The van der Waals surface area contributed by atoms with Crippen LogP contribution >= 0.6 is 0 Å². The minimum Gasteiger partial charge on any atom is -0.497 e. The number of fused-ring (bicyclic) bond motifs is 1. The average molecular weight is 448 g/mol. The number of esters is 1. The molecular weight excluding hydrogens is 428 g/mol. The number of rotatable bonds is 8. The zero-order valence-corrected chi connectivity index (χ0v) is 17.9. The quantitative estimate of drug-likeness (QED) is 0.226. The first kappa shape index (κ1) is 21.8. The van der Waals surface area contributed by atoms with Crippen molar-refractivity contribution in [2.75, 3.05) is 20.3 Å². The van der Waals surface area contributed by atoms with E-state index >= 15 is 0 Å². The Balaban J connectivity index is 1.79. The van der Waals surface area contributed by atoms with Gasteiger partial charge >= 0.3 is 5.97 Å². The lowest BCUT2D eigenvalue weighted by atomic mass is 10.1. The van der Waals surface area contributed by atoms with Crippen LogP contribution in [-0.2, 0) is 9.53 Å². The fourth-order valence-electron chi connectivity index (χ4n) is 3.30. The molecule has 0 saturated carbocycles. The number of hydrogen-bond donors (Lipinski definition) is 0. The SMILES string of the molecule is CCOC(=O)COc1ccc([N+](=O)[O-])cc1-c1ccnc2cc(-c3ccc(OC)cc3)nn12. The number of carbonyl (C=O) groups excluding carboxylic acids is 1. The molecule has 0 N–H and O–H groups in total. The van der Waals surface area contributed by atoms with Crippen molar-refractivity contribution in [1.29, 1.82) is 0 Å². The molecule has 4 aromatic rings. The highest BCUT2D eigenvalue weighted by Gasteiger charge is 2.18.